The summed E-state index contributed by atoms with van der Waals surface area (Å²) in [6, 6.07) is 7.81. The van der Waals surface area contributed by atoms with E-state index >= 15 is 0 Å². The van der Waals surface area contributed by atoms with Crippen LogP contribution in [-0.2, 0) is 7.05 Å². The molecule has 3 nitrogen and oxygen atoms in total. The molecule has 0 aliphatic carbocycles. The molecule has 1 aromatic carbocycles. The third kappa shape index (κ3) is 2.30. The number of hydrogen-bond donors (Lipinski definition) is 0. The Kier molecular flexibility index (Phi) is 2.64. The van der Waals surface area contributed by atoms with Crippen molar-refractivity contribution >= 4 is 11.6 Å². The lowest BCUT2D eigenvalue weighted by Gasteiger charge is -2.04. The number of benzene rings is 1. The lowest BCUT2D eigenvalue weighted by atomic mass is 10.3. The molecule has 0 aliphatic heterocycles. The summed E-state index contributed by atoms with van der Waals surface area (Å²) in [4.78, 5) is 4.23. The molecule has 0 atom stereocenters. The molecule has 2 rings (SSSR count). The van der Waals surface area contributed by atoms with Crippen molar-refractivity contribution in [2.45, 2.75) is 6.92 Å². The first-order valence-corrected chi connectivity index (χ1v) is 4.96. The molecule has 4 heteroatoms. The number of halogens is 1. The molecule has 0 unspecified atom stereocenters. The lowest BCUT2D eigenvalue weighted by molar-refractivity contribution is 0.424. The Morgan fingerprint density at radius 3 is 2.80 bits per heavy atom. The smallest absolute Gasteiger partial charge is 0.301 e. The quantitative estimate of drug-likeness (QED) is 0.781. The van der Waals surface area contributed by atoms with Crippen molar-refractivity contribution in [3.8, 4) is 11.8 Å². The van der Waals surface area contributed by atoms with E-state index in [1.54, 1.807) is 12.1 Å². The van der Waals surface area contributed by atoms with Crippen LogP contribution in [0.4, 0.5) is 0 Å². The van der Waals surface area contributed by atoms with E-state index in [1.807, 2.05) is 36.9 Å². The van der Waals surface area contributed by atoms with Crippen molar-refractivity contribution in [3.63, 3.8) is 0 Å². The van der Waals surface area contributed by atoms with Gasteiger partial charge in [-0.2, -0.15) is 0 Å². The van der Waals surface area contributed by atoms with Gasteiger partial charge >= 0.3 is 6.01 Å². The highest BCUT2D eigenvalue weighted by atomic mass is 35.5. The average molecular weight is 223 g/mol. The number of nitrogens with zero attached hydrogens (tertiary/aromatic N) is 2. The molecule has 1 aromatic heterocycles. The fraction of sp³-hybridized carbons (Fsp3) is 0.182. The maximum absolute atomic E-state index is 5.85. The van der Waals surface area contributed by atoms with E-state index in [4.69, 9.17) is 16.3 Å². The van der Waals surface area contributed by atoms with E-state index in [0.717, 1.165) is 5.69 Å². The SMILES string of the molecule is Cc1cn(C)c(Oc2cccc(Cl)c2)n1. The summed E-state index contributed by atoms with van der Waals surface area (Å²) in [7, 11) is 1.89. The summed E-state index contributed by atoms with van der Waals surface area (Å²) in [5.41, 5.74) is 0.925. The topological polar surface area (TPSA) is 27.1 Å². The molecule has 0 radical (unpaired) electrons. The minimum Gasteiger partial charge on any atom is -0.425 e. The number of rotatable bonds is 2. The normalized spacial score (nSPS) is 10.3. The molecule has 0 N–H and O–H groups in total. The molecule has 15 heavy (non-hydrogen) atoms. The largest absolute Gasteiger partial charge is 0.425 e. The van der Waals surface area contributed by atoms with Gasteiger partial charge in [0.1, 0.15) is 5.75 Å². The van der Waals surface area contributed by atoms with Crippen molar-refractivity contribution in [3.05, 3.63) is 41.2 Å². The van der Waals surface area contributed by atoms with Crippen LogP contribution in [0, 0.1) is 6.92 Å². The second kappa shape index (κ2) is 3.95. The first kappa shape index (κ1) is 10.1. The standard InChI is InChI=1S/C11H11ClN2O/c1-8-7-14(2)11(13-8)15-10-5-3-4-9(12)6-10/h3-7H,1-2H3. The molecule has 0 amide bonds. The third-order valence-electron chi connectivity index (χ3n) is 1.96. The summed E-state index contributed by atoms with van der Waals surface area (Å²) in [5.74, 6) is 0.691. The molecule has 2 aromatic rings. The van der Waals surface area contributed by atoms with Gasteiger partial charge in [0.05, 0.1) is 5.69 Å². The summed E-state index contributed by atoms with van der Waals surface area (Å²) in [6.45, 7) is 1.92. The summed E-state index contributed by atoms with van der Waals surface area (Å²) >= 11 is 5.85. The Bertz CT molecular complexity index is 479. The van der Waals surface area contributed by atoms with E-state index in [0.29, 0.717) is 16.8 Å². The second-order valence-corrected chi connectivity index (χ2v) is 3.77. The molecular weight excluding hydrogens is 212 g/mol. The van der Waals surface area contributed by atoms with Crippen LogP contribution in [0.2, 0.25) is 5.02 Å². The van der Waals surface area contributed by atoms with Gasteiger partial charge in [-0.15, -0.1) is 0 Å². The third-order valence-corrected chi connectivity index (χ3v) is 2.19. The number of aryl methyl sites for hydroxylation is 2. The van der Waals surface area contributed by atoms with E-state index < -0.39 is 0 Å². The second-order valence-electron chi connectivity index (χ2n) is 3.34. The number of hydrogen-bond acceptors (Lipinski definition) is 2. The minimum absolute atomic E-state index is 0.565. The molecule has 0 spiro atoms. The Balaban J connectivity index is 2.25. The summed E-state index contributed by atoms with van der Waals surface area (Å²) in [5, 5.41) is 0.651. The highest BCUT2D eigenvalue weighted by molar-refractivity contribution is 6.30. The molecule has 78 valence electrons. The van der Waals surface area contributed by atoms with Gasteiger partial charge in [0.15, 0.2) is 0 Å². The Morgan fingerprint density at radius 2 is 2.20 bits per heavy atom. The Hall–Kier alpha value is -1.48. The van der Waals surface area contributed by atoms with Crippen LogP contribution in [0.3, 0.4) is 0 Å². The molecule has 0 saturated carbocycles. The van der Waals surface area contributed by atoms with Crippen molar-refractivity contribution in [1.29, 1.82) is 0 Å². The van der Waals surface area contributed by atoms with E-state index in [2.05, 4.69) is 4.98 Å². The maximum atomic E-state index is 5.85. The van der Waals surface area contributed by atoms with Crippen LogP contribution < -0.4 is 4.74 Å². The Morgan fingerprint density at radius 1 is 1.40 bits per heavy atom. The van der Waals surface area contributed by atoms with Crippen LogP contribution in [-0.4, -0.2) is 9.55 Å². The van der Waals surface area contributed by atoms with Crippen LogP contribution in [0.5, 0.6) is 11.8 Å². The van der Waals surface area contributed by atoms with Crippen molar-refractivity contribution < 1.29 is 4.74 Å². The Labute approximate surface area is 93.3 Å². The van der Waals surface area contributed by atoms with Gasteiger partial charge in [0.2, 0.25) is 0 Å². The molecule has 0 aliphatic rings. The number of aromatic nitrogens is 2. The first-order chi connectivity index (χ1) is 7.15. The van der Waals surface area contributed by atoms with Gasteiger partial charge in [-0.25, -0.2) is 4.98 Å². The molecular formula is C11H11ClN2O. The summed E-state index contributed by atoms with van der Waals surface area (Å²) < 4.78 is 7.41. The zero-order valence-corrected chi connectivity index (χ0v) is 9.32. The monoisotopic (exact) mass is 222 g/mol. The van der Waals surface area contributed by atoms with Gasteiger partial charge in [-0.3, -0.25) is 0 Å². The van der Waals surface area contributed by atoms with Crippen molar-refractivity contribution in [1.82, 2.24) is 9.55 Å². The molecule has 1 heterocycles. The van der Waals surface area contributed by atoms with Gasteiger partial charge < -0.3 is 9.30 Å². The average Bonchev–Trinajstić information content (AvgIpc) is 2.45. The highest BCUT2D eigenvalue weighted by Crippen LogP contribution is 2.22. The van der Waals surface area contributed by atoms with E-state index in [-0.39, 0.29) is 0 Å². The van der Waals surface area contributed by atoms with Crippen LogP contribution >= 0.6 is 11.6 Å². The highest BCUT2D eigenvalue weighted by Gasteiger charge is 2.04. The van der Waals surface area contributed by atoms with Crippen molar-refractivity contribution in [2.24, 2.45) is 7.05 Å². The molecule has 0 fully saturated rings. The number of ether oxygens (including phenoxy) is 1. The number of imidazole rings is 1. The predicted octanol–water partition coefficient (Wildman–Crippen LogP) is 3.17. The van der Waals surface area contributed by atoms with Crippen LogP contribution in [0.1, 0.15) is 5.69 Å². The van der Waals surface area contributed by atoms with Crippen LogP contribution in [0.25, 0.3) is 0 Å². The van der Waals surface area contributed by atoms with E-state index in [1.165, 1.54) is 0 Å². The maximum Gasteiger partial charge on any atom is 0.301 e. The lowest BCUT2D eigenvalue weighted by Crippen LogP contribution is -1.93. The van der Waals surface area contributed by atoms with Gasteiger partial charge in [0.25, 0.3) is 0 Å². The van der Waals surface area contributed by atoms with Gasteiger partial charge in [-0.1, -0.05) is 17.7 Å². The van der Waals surface area contributed by atoms with Gasteiger partial charge in [0, 0.05) is 18.3 Å². The van der Waals surface area contributed by atoms with Gasteiger partial charge in [-0.05, 0) is 25.1 Å². The zero-order valence-electron chi connectivity index (χ0n) is 8.57. The zero-order chi connectivity index (χ0) is 10.8. The first-order valence-electron chi connectivity index (χ1n) is 4.58. The predicted molar refractivity (Wildman–Crippen MR) is 59.5 cm³/mol. The molecule has 0 saturated heterocycles. The van der Waals surface area contributed by atoms with Crippen molar-refractivity contribution in [2.75, 3.05) is 0 Å². The van der Waals surface area contributed by atoms with Crippen LogP contribution in [0.15, 0.2) is 30.5 Å². The van der Waals surface area contributed by atoms with E-state index in [9.17, 15) is 0 Å². The fourth-order valence-corrected chi connectivity index (χ4v) is 1.51. The fourth-order valence-electron chi connectivity index (χ4n) is 1.32. The minimum atomic E-state index is 0.565. The molecule has 0 bridgehead atoms. The summed E-state index contributed by atoms with van der Waals surface area (Å²) in [6.07, 6.45) is 1.90.